The molecule has 6 heteroatoms. The van der Waals surface area contributed by atoms with E-state index in [1.54, 1.807) is 4.90 Å². The molecule has 0 bridgehead atoms. The second kappa shape index (κ2) is 41.2. The van der Waals surface area contributed by atoms with Gasteiger partial charge in [0, 0.05) is 32.8 Å². The predicted molar refractivity (Wildman–Crippen MR) is 214 cm³/mol. The number of unbranched alkanes of at least 4 members (excludes halogenated alkanes) is 24. The lowest BCUT2D eigenvalue weighted by atomic mass is 10.1. The van der Waals surface area contributed by atoms with Crippen LogP contribution in [0.25, 0.3) is 0 Å². The van der Waals surface area contributed by atoms with Crippen LogP contribution in [0, 0.1) is 0 Å². The molecule has 0 heterocycles. The molecule has 1 amide bonds. The maximum Gasteiger partial charge on any atom is 0.240 e. The van der Waals surface area contributed by atoms with Gasteiger partial charge in [0.25, 0.3) is 0 Å². The summed E-state index contributed by atoms with van der Waals surface area (Å²) in [6.07, 6.45) is 46.1. The van der Waals surface area contributed by atoms with Gasteiger partial charge in [-0.15, -0.1) is 0 Å². The van der Waals surface area contributed by atoms with Gasteiger partial charge < -0.3 is 25.8 Å². The van der Waals surface area contributed by atoms with E-state index in [9.17, 15) is 4.79 Å². The second-order valence-electron chi connectivity index (χ2n) is 14.3. The Hall–Kier alpha value is -1.21. The first-order chi connectivity index (χ1) is 24.2. The first-order valence-corrected chi connectivity index (χ1v) is 21.4. The van der Waals surface area contributed by atoms with Gasteiger partial charge >= 0.3 is 0 Å². The minimum atomic E-state index is -0.661. The Bertz CT molecular complexity index is 666. The van der Waals surface area contributed by atoms with E-state index in [0.29, 0.717) is 26.3 Å². The number of hydrogen-bond donors (Lipinski definition) is 2. The molecular formula is C43H85N3O3. The third-order valence-corrected chi connectivity index (χ3v) is 9.49. The van der Waals surface area contributed by atoms with Crippen LogP contribution in [-0.2, 0) is 14.3 Å². The number of rotatable bonds is 40. The lowest BCUT2D eigenvalue weighted by molar-refractivity contribution is -0.134. The SMILES string of the molecule is CCCCCCCC/C=C\CCCCCCCCOCCN(CCOCCCCCCCC/C=C\CCCCCCCC)C(=O)[C@@H](N)CN. The van der Waals surface area contributed by atoms with Crippen LogP contribution >= 0.6 is 0 Å². The molecule has 6 nitrogen and oxygen atoms in total. The quantitative estimate of drug-likeness (QED) is 0.0493. The zero-order valence-electron chi connectivity index (χ0n) is 33.0. The first kappa shape index (κ1) is 47.8. The van der Waals surface area contributed by atoms with Crippen LogP contribution in [0.5, 0.6) is 0 Å². The van der Waals surface area contributed by atoms with E-state index in [1.165, 1.54) is 167 Å². The molecule has 0 aliphatic heterocycles. The van der Waals surface area contributed by atoms with Crippen molar-refractivity contribution >= 4 is 5.91 Å². The molecule has 0 saturated carbocycles. The van der Waals surface area contributed by atoms with E-state index in [0.717, 1.165) is 26.1 Å². The smallest absolute Gasteiger partial charge is 0.240 e. The molecule has 1 atom stereocenters. The highest BCUT2D eigenvalue weighted by Crippen LogP contribution is 2.12. The molecule has 0 aromatic carbocycles. The summed E-state index contributed by atoms with van der Waals surface area (Å²) in [5.74, 6) is -0.107. The predicted octanol–water partition coefficient (Wildman–Crippen LogP) is 11.2. The molecule has 0 radical (unpaired) electrons. The van der Waals surface area contributed by atoms with Crippen LogP contribution < -0.4 is 11.5 Å². The summed E-state index contributed by atoms with van der Waals surface area (Å²) in [4.78, 5) is 14.5. The normalized spacial score (nSPS) is 12.5. The highest BCUT2D eigenvalue weighted by molar-refractivity contribution is 5.81. The number of allylic oxidation sites excluding steroid dienone is 4. The summed E-state index contributed by atoms with van der Waals surface area (Å²) in [6, 6.07) is -0.661. The van der Waals surface area contributed by atoms with E-state index in [4.69, 9.17) is 20.9 Å². The molecule has 0 aromatic heterocycles. The summed E-state index contributed by atoms with van der Waals surface area (Å²) in [7, 11) is 0. The number of nitrogens with two attached hydrogens (primary N) is 2. The molecule has 0 spiro atoms. The van der Waals surface area contributed by atoms with Gasteiger partial charge in [-0.3, -0.25) is 4.79 Å². The maximum absolute atomic E-state index is 12.7. The number of nitrogens with zero attached hydrogens (tertiary/aromatic N) is 1. The van der Waals surface area contributed by atoms with Crippen molar-refractivity contribution in [1.29, 1.82) is 0 Å². The van der Waals surface area contributed by atoms with E-state index >= 15 is 0 Å². The summed E-state index contributed by atoms with van der Waals surface area (Å²) >= 11 is 0. The van der Waals surface area contributed by atoms with Crippen LogP contribution in [0.3, 0.4) is 0 Å². The van der Waals surface area contributed by atoms with Gasteiger partial charge in [-0.2, -0.15) is 0 Å². The van der Waals surface area contributed by atoms with Crippen molar-refractivity contribution in [3.63, 3.8) is 0 Å². The maximum atomic E-state index is 12.7. The highest BCUT2D eigenvalue weighted by Gasteiger charge is 2.19. The van der Waals surface area contributed by atoms with Gasteiger partial charge in [-0.1, -0.05) is 154 Å². The summed E-state index contributed by atoms with van der Waals surface area (Å²) in [6.45, 7) is 8.34. The Labute approximate surface area is 306 Å². The van der Waals surface area contributed by atoms with Gasteiger partial charge in [0.1, 0.15) is 0 Å². The minimum absolute atomic E-state index is 0.107. The molecule has 0 aliphatic carbocycles. The Morgan fingerprint density at radius 3 is 1.12 bits per heavy atom. The molecule has 0 unspecified atom stereocenters. The van der Waals surface area contributed by atoms with Crippen LogP contribution in [0.1, 0.15) is 194 Å². The lowest BCUT2D eigenvalue weighted by Gasteiger charge is -2.25. The van der Waals surface area contributed by atoms with Gasteiger partial charge in [0.2, 0.25) is 5.91 Å². The third kappa shape index (κ3) is 36.4. The van der Waals surface area contributed by atoms with Crippen LogP contribution in [0.4, 0.5) is 0 Å². The second-order valence-corrected chi connectivity index (χ2v) is 14.3. The molecule has 0 saturated heterocycles. The van der Waals surface area contributed by atoms with Gasteiger partial charge in [0.15, 0.2) is 0 Å². The van der Waals surface area contributed by atoms with Crippen molar-refractivity contribution in [2.45, 2.75) is 200 Å². The van der Waals surface area contributed by atoms with E-state index in [-0.39, 0.29) is 12.5 Å². The lowest BCUT2D eigenvalue weighted by Crippen LogP contribution is -2.49. The number of ether oxygens (including phenoxy) is 2. The Morgan fingerprint density at radius 1 is 0.490 bits per heavy atom. The number of amides is 1. The summed E-state index contributed by atoms with van der Waals surface area (Å²) < 4.78 is 11.7. The largest absolute Gasteiger partial charge is 0.380 e. The summed E-state index contributed by atoms with van der Waals surface area (Å²) in [5.41, 5.74) is 11.6. The fourth-order valence-corrected chi connectivity index (χ4v) is 6.12. The van der Waals surface area contributed by atoms with E-state index in [2.05, 4.69) is 38.2 Å². The number of hydrogen-bond acceptors (Lipinski definition) is 5. The Kier molecular flexibility index (Phi) is 40.2. The Balaban J connectivity index is 3.70. The number of carbonyl (C=O) groups is 1. The van der Waals surface area contributed by atoms with Crippen LogP contribution in [0.2, 0.25) is 0 Å². The molecule has 0 aliphatic rings. The van der Waals surface area contributed by atoms with Crippen LogP contribution in [-0.4, -0.2) is 62.9 Å². The third-order valence-electron chi connectivity index (χ3n) is 9.49. The average molecular weight is 692 g/mol. The fourth-order valence-electron chi connectivity index (χ4n) is 6.12. The monoisotopic (exact) mass is 692 g/mol. The van der Waals surface area contributed by atoms with E-state index in [1.807, 2.05) is 0 Å². The molecular weight excluding hydrogens is 606 g/mol. The molecule has 0 aromatic rings. The van der Waals surface area contributed by atoms with Crippen molar-refractivity contribution < 1.29 is 14.3 Å². The van der Waals surface area contributed by atoms with Gasteiger partial charge in [-0.05, 0) is 64.2 Å². The highest BCUT2D eigenvalue weighted by atomic mass is 16.5. The molecule has 49 heavy (non-hydrogen) atoms. The average Bonchev–Trinajstić information content (AvgIpc) is 3.11. The zero-order valence-corrected chi connectivity index (χ0v) is 33.0. The van der Waals surface area contributed by atoms with Crippen molar-refractivity contribution in [3.8, 4) is 0 Å². The summed E-state index contributed by atoms with van der Waals surface area (Å²) in [5, 5.41) is 0. The minimum Gasteiger partial charge on any atom is -0.380 e. The molecule has 0 rings (SSSR count). The van der Waals surface area contributed by atoms with Crippen molar-refractivity contribution in [2.24, 2.45) is 11.5 Å². The molecule has 290 valence electrons. The topological polar surface area (TPSA) is 90.8 Å². The van der Waals surface area contributed by atoms with Crippen molar-refractivity contribution in [2.75, 3.05) is 46.1 Å². The first-order valence-electron chi connectivity index (χ1n) is 21.4. The molecule has 0 fully saturated rings. The fraction of sp³-hybridized carbons (Fsp3) is 0.884. The zero-order chi connectivity index (χ0) is 35.7. The van der Waals surface area contributed by atoms with Crippen molar-refractivity contribution in [3.05, 3.63) is 24.3 Å². The van der Waals surface area contributed by atoms with E-state index < -0.39 is 6.04 Å². The standard InChI is InChI=1S/C43H85N3O3/c1-3-5-7-9-11-13-15-17-19-21-23-25-27-29-31-33-37-48-39-35-46(43(47)42(45)41-44)36-40-49-38-34-32-30-28-26-24-22-20-18-16-14-12-10-8-6-4-2/h17-20,42H,3-16,21-41,44-45H2,1-2H3/b19-17-,20-18-/t42-/m0/s1. The molecule has 4 N–H and O–H groups in total. The van der Waals surface area contributed by atoms with Gasteiger partial charge in [-0.25, -0.2) is 0 Å². The Morgan fingerprint density at radius 2 is 0.796 bits per heavy atom. The number of carbonyl (C=O) groups excluding carboxylic acids is 1. The van der Waals surface area contributed by atoms with Crippen molar-refractivity contribution in [1.82, 2.24) is 4.90 Å². The van der Waals surface area contributed by atoms with Crippen LogP contribution in [0.15, 0.2) is 24.3 Å². The van der Waals surface area contributed by atoms with Gasteiger partial charge in [0.05, 0.1) is 19.3 Å².